The molecule has 0 heterocycles. The van der Waals surface area contributed by atoms with E-state index in [0.29, 0.717) is 11.3 Å². The van der Waals surface area contributed by atoms with Gasteiger partial charge < -0.3 is 15.7 Å². The number of rotatable bonds is 4. The van der Waals surface area contributed by atoms with Gasteiger partial charge in [-0.05, 0) is 42.3 Å². The van der Waals surface area contributed by atoms with Crippen molar-refractivity contribution in [3.63, 3.8) is 0 Å². The van der Waals surface area contributed by atoms with E-state index < -0.39 is 0 Å². The third-order valence-corrected chi connectivity index (χ3v) is 3.08. The summed E-state index contributed by atoms with van der Waals surface area (Å²) >= 11 is 0. The van der Waals surface area contributed by atoms with Crippen LogP contribution in [0.15, 0.2) is 42.5 Å². The molecule has 3 N–H and O–H groups in total. The Bertz CT molecular complexity index is 606. The molecule has 0 aliphatic heterocycles. The normalized spacial score (nSPS) is 10.2. The summed E-state index contributed by atoms with van der Waals surface area (Å²) in [5.74, 6) is -0.161. The maximum Gasteiger partial charge on any atom is 0.257 e. The van der Waals surface area contributed by atoms with E-state index in [1.165, 1.54) is 0 Å². The van der Waals surface area contributed by atoms with Crippen LogP contribution in [0.4, 0.5) is 11.4 Å². The van der Waals surface area contributed by atoms with Gasteiger partial charge in [0.1, 0.15) is 0 Å². The van der Waals surface area contributed by atoms with Crippen LogP contribution in [0.2, 0.25) is 0 Å². The minimum Gasteiger partial charge on any atom is -0.392 e. The number of aliphatic hydroxyl groups excluding tert-OH is 1. The average Bonchev–Trinajstić information content (AvgIpc) is 2.47. The number of carbonyl (C=O) groups excluding carboxylic acids is 1. The fourth-order valence-electron chi connectivity index (χ4n) is 1.95. The number of hydrogen-bond donors (Lipinski definition) is 3. The number of carbonyl (C=O) groups is 1. The van der Waals surface area contributed by atoms with Crippen molar-refractivity contribution in [1.82, 2.24) is 0 Å². The summed E-state index contributed by atoms with van der Waals surface area (Å²) in [5, 5.41) is 14.9. The van der Waals surface area contributed by atoms with Crippen molar-refractivity contribution in [1.29, 1.82) is 0 Å². The molecule has 20 heavy (non-hydrogen) atoms. The molecule has 1 amide bonds. The molecule has 2 aromatic carbocycles. The Hall–Kier alpha value is -2.33. The van der Waals surface area contributed by atoms with Gasteiger partial charge in [0.25, 0.3) is 5.91 Å². The highest BCUT2D eigenvalue weighted by molar-refractivity contribution is 6.08. The van der Waals surface area contributed by atoms with Crippen LogP contribution in [0.25, 0.3) is 0 Å². The van der Waals surface area contributed by atoms with E-state index in [9.17, 15) is 4.79 Å². The van der Waals surface area contributed by atoms with Crippen LogP contribution in [0.1, 0.15) is 21.5 Å². The van der Waals surface area contributed by atoms with E-state index >= 15 is 0 Å². The molecular weight excluding hydrogens is 252 g/mol. The third-order valence-electron chi connectivity index (χ3n) is 3.08. The fraction of sp³-hybridized carbons (Fsp3) is 0.188. The molecule has 0 aliphatic rings. The molecule has 2 aromatic rings. The third kappa shape index (κ3) is 3.16. The van der Waals surface area contributed by atoms with Gasteiger partial charge in [0.05, 0.1) is 12.2 Å². The molecule has 2 rings (SSSR count). The Balaban J connectivity index is 2.19. The molecule has 4 nitrogen and oxygen atoms in total. The van der Waals surface area contributed by atoms with E-state index in [0.717, 1.165) is 16.8 Å². The number of nitrogens with one attached hydrogen (secondary N) is 2. The second kappa shape index (κ2) is 6.21. The molecule has 4 heteroatoms. The zero-order valence-corrected chi connectivity index (χ0v) is 11.6. The standard InChI is InChI=1S/C16H18N2O2/c1-11-3-8-14(15(9-11)17-2)16(20)18-13-6-4-12(10-19)5-7-13/h3-9,17,19H,10H2,1-2H3,(H,18,20). The molecule has 0 atom stereocenters. The van der Waals surface area contributed by atoms with Crippen molar-refractivity contribution < 1.29 is 9.90 Å². The summed E-state index contributed by atoms with van der Waals surface area (Å²) in [7, 11) is 1.79. The second-order valence-electron chi connectivity index (χ2n) is 4.61. The SMILES string of the molecule is CNc1cc(C)ccc1C(=O)Nc1ccc(CO)cc1. The fourth-order valence-corrected chi connectivity index (χ4v) is 1.95. The van der Waals surface area contributed by atoms with Gasteiger partial charge in [-0.15, -0.1) is 0 Å². The maximum absolute atomic E-state index is 12.3. The monoisotopic (exact) mass is 270 g/mol. The summed E-state index contributed by atoms with van der Waals surface area (Å²) in [4.78, 5) is 12.3. The summed E-state index contributed by atoms with van der Waals surface area (Å²) in [6.45, 7) is 1.98. The predicted molar refractivity (Wildman–Crippen MR) is 81.0 cm³/mol. The molecule has 0 radical (unpaired) electrons. The lowest BCUT2D eigenvalue weighted by Gasteiger charge is -2.11. The first-order valence-electron chi connectivity index (χ1n) is 6.43. The Morgan fingerprint density at radius 3 is 2.45 bits per heavy atom. The summed E-state index contributed by atoms with van der Waals surface area (Å²) in [6.07, 6.45) is 0. The van der Waals surface area contributed by atoms with Gasteiger partial charge in [0.15, 0.2) is 0 Å². The van der Waals surface area contributed by atoms with Crippen LogP contribution < -0.4 is 10.6 Å². The lowest BCUT2D eigenvalue weighted by Crippen LogP contribution is -2.14. The highest BCUT2D eigenvalue weighted by atomic mass is 16.3. The van der Waals surface area contributed by atoms with E-state index in [2.05, 4.69) is 10.6 Å². The number of aliphatic hydroxyl groups is 1. The van der Waals surface area contributed by atoms with Gasteiger partial charge in [0, 0.05) is 18.4 Å². The minimum atomic E-state index is -0.161. The van der Waals surface area contributed by atoms with Crippen LogP contribution in [0.3, 0.4) is 0 Å². The largest absolute Gasteiger partial charge is 0.392 e. The van der Waals surface area contributed by atoms with E-state index in [4.69, 9.17) is 5.11 Å². The van der Waals surface area contributed by atoms with Gasteiger partial charge >= 0.3 is 0 Å². The number of amides is 1. The first-order chi connectivity index (χ1) is 9.63. The smallest absolute Gasteiger partial charge is 0.257 e. The van der Waals surface area contributed by atoms with Crippen LogP contribution in [-0.2, 0) is 6.61 Å². The van der Waals surface area contributed by atoms with Gasteiger partial charge in [-0.1, -0.05) is 18.2 Å². The summed E-state index contributed by atoms with van der Waals surface area (Å²) in [6, 6.07) is 12.8. The molecule has 0 saturated heterocycles. The molecule has 0 bridgehead atoms. The zero-order chi connectivity index (χ0) is 14.5. The highest BCUT2D eigenvalue weighted by Gasteiger charge is 2.11. The van der Waals surface area contributed by atoms with Crippen molar-refractivity contribution in [2.24, 2.45) is 0 Å². The zero-order valence-electron chi connectivity index (χ0n) is 11.6. The van der Waals surface area contributed by atoms with E-state index in [1.54, 1.807) is 37.4 Å². The highest BCUT2D eigenvalue weighted by Crippen LogP contribution is 2.19. The molecule has 0 spiro atoms. The molecule has 0 aromatic heterocycles. The topological polar surface area (TPSA) is 61.4 Å². The summed E-state index contributed by atoms with van der Waals surface area (Å²) in [5.41, 5.74) is 4.01. The van der Waals surface area contributed by atoms with Gasteiger partial charge in [-0.3, -0.25) is 4.79 Å². The first-order valence-corrected chi connectivity index (χ1v) is 6.43. The van der Waals surface area contributed by atoms with E-state index in [1.807, 2.05) is 19.1 Å². The Kier molecular flexibility index (Phi) is 4.38. The van der Waals surface area contributed by atoms with Crippen molar-refractivity contribution in [2.75, 3.05) is 17.7 Å². The lowest BCUT2D eigenvalue weighted by molar-refractivity contribution is 0.102. The van der Waals surface area contributed by atoms with Gasteiger partial charge in [0.2, 0.25) is 0 Å². The quantitative estimate of drug-likeness (QED) is 0.800. The van der Waals surface area contributed by atoms with Crippen molar-refractivity contribution in [2.45, 2.75) is 13.5 Å². The van der Waals surface area contributed by atoms with Crippen LogP contribution in [0.5, 0.6) is 0 Å². The Morgan fingerprint density at radius 2 is 1.85 bits per heavy atom. The number of aryl methyl sites for hydroxylation is 1. The Morgan fingerprint density at radius 1 is 1.15 bits per heavy atom. The molecule has 0 unspecified atom stereocenters. The van der Waals surface area contributed by atoms with Crippen molar-refractivity contribution in [3.05, 3.63) is 59.2 Å². The van der Waals surface area contributed by atoms with Crippen molar-refractivity contribution >= 4 is 17.3 Å². The first kappa shape index (κ1) is 14.1. The van der Waals surface area contributed by atoms with Gasteiger partial charge in [-0.2, -0.15) is 0 Å². The lowest BCUT2D eigenvalue weighted by atomic mass is 10.1. The number of benzene rings is 2. The summed E-state index contributed by atoms with van der Waals surface area (Å²) < 4.78 is 0. The predicted octanol–water partition coefficient (Wildman–Crippen LogP) is 2.78. The molecular formula is C16H18N2O2. The molecule has 0 fully saturated rings. The van der Waals surface area contributed by atoms with Crippen LogP contribution >= 0.6 is 0 Å². The minimum absolute atomic E-state index is 0.00388. The average molecular weight is 270 g/mol. The number of anilines is 2. The second-order valence-corrected chi connectivity index (χ2v) is 4.61. The van der Waals surface area contributed by atoms with Crippen LogP contribution in [0, 0.1) is 6.92 Å². The van der Waals surface area contributed by atoms with Gasteiger partial charge in [-0.25, -0.2) is 0 Å². The van der Waals surface area contributed by atoms with E-state index in [-0.39, 0.29) is 12.5 Å². The number of hydrogen-bond acceptors (Lipinski definition) is 3. The maximum atomic E-state index is 12.3. The molecule has 104 valence electrons. The van der Waals surface area contributed by atoms with Crippen molar-refractivity contribution in [3.8, 4) is 0 Å². The van der Waals surface area contributed by atoms with Crippen LogP contribution in [-0.4, -0.2) is 18.1 Å². The Labute approximate surface area is 118 Å². The molecule has 0 saturated carbocycles. The molecule has 0 aliphatic carbocycles.